The lowest BCUT2D eigenvalue weighted by Gasteiger charge is -2.01. The maximum Gasteiger partial charge on any atom is 0.102 e. The molecule has 1 aromatic heterocycles. The molecule has 74 valence electrons. The number of rotatable bonds is 0. The maximum atomic E-state index is 8.88. The monoisotopic (exact) mass is 206 g/mol. The maximum absolute atomic E-state index is 8.88. The van der Waals surface area contributed by atoms with Crippen LogP contribution in [0.3, 0.4) is 0 Å². The van der Waals surface area contributed by atoms with E-state index < -0.39 is 0 Å². The van der Waals surface area contributed by atoms with Crippen molar-refractivity contribution < 1.29 is 0 Å². The van der Waals surface area contributed by atoms with Crippen molar-refractivity contribution in [2.75, 3.05) is 5.75 Å². The minimum absolute atomic E-state index is 0.773. The minimum atomic E-state index is 0.773. The summed E-state index contributed by atoms with van der Waals surface area (Å²) >= 11 is 1.77. The lowest BCUT2D eigenvalue weighted by molar-refractivity contribution is 1.05. The summed E-state index contributed by atoms with van der Waals surface area (Å²) in [7, 11) is 0. The summed E-state index contributed by atoms with van der Waals surface area (Å²) in [5.41, 5.74) is 2.86. The number of pyridine rings is 1. The van der Waals surface area contributed by atoms with Crippen molar-refractivity contribution >= 4 is 11.8 Å². The number of aryl methyl sites for hydroxylation is 2. The number of thioether (sulfide) groups is 1. The van der Waals surface area contributed by atoms with E-state index in [0.717, 1.165) is 28.3 Å². The summed E-state index contributed by atoms with van der Waals surface area (Å²) in [5.74, 6) is 1.09. The van der Waals surface area contributed by atoms with Gasteiger partial charge >= 0.3 is 0 Å². The van der Waals surface area contributed by atoms with Crippen molar-refractivity contribution in [3.05, 3.63) is 23.0 Å². The molecule has 0 radical (unpaired) electrons. The van der Waals surface area contributed by atoms with Gasteiger partial charge in [0.05, 0.1) is 11.3 Å². The van der Waals surface area contributed by atoms with Crippen LogP contribution in [0.5, 0.6) is 0 Å². The third kappa shape index (κ3) is 1.91. The van der Waals surface area contributed by atoms with E-state index in [1.165, 1.54) is 5.56 Å². The predicted octanol–water partition coefficient (Wildman–Crippen LogP) is 2.94. The van der Waals surface area contributed by atoms with Gasteiger partial charge in [-0.15, -0.1) is 11.8 Å². The molecule has 1 aliphatic heterocycles. The Bertz CT molecular complexity index is 366. The van der Waals surface area contributed by atoms with E-state index in [9.17, 15) is 0 Å². The summed E-state index contributed by atoms with van der Waals surface area (Å²) in [4.78, 5) is 5.34. The normalized spacial score (nSPS) is 12.4. The summed E-state index contributed by atoms with van der Waals surface area (Å²) in [6, 6.07) is 2.21. The summed E-state index contributed by atoms with van der Waals surface area (Å²) < 4.78 is 0. The van der Waals surface area contributed by atoms with Gasteiger partial charge in [-0.1, -0.05) is 13.8 Å². The zero-order valence-corrected chi connectivity index (χ0v) is 9.61. The second kappa shape index (κ2) is 5.02. The van der Waals surface area contributed by atoms with Crippen LogP contribution >= 0.6 is 11.8 Å². The van der Waals surface area contributed by atoms with E-state index in [1.807, 2.05) is 27.0 Å². The first kappa shape index (κ1) is 11.1. The van der Waals surface area contributed by atoms with Gasteiger partial charge in [-0.05, 0) is 18.9 Å². The van der Waals surface area contributed by atoms with Crippen LogP contribution in [-0.2, 0) is 6.42 Å². The van der Waals surface area contributed by atoms with E-state index >= 15 is 0 Å². The van der Waals surface area contributed by atoms with E-state index in [2.05, 4.69) is 11.1 Å². The Balaban J connectivity index is 0.000000461. The Morgan fingerprint density at radius 3 is 2.86 bits per heavy atom. The van der Waals surface area contributed by atoms with Gasteiger partial charge in [0.1, 0.15) is 6.07 Å². The lowest BCUT2D eigenvalue weighted by Crippen LogP contribution is -1.92. The fourth-order valence-electron chi connectivity index (χ4n) is 1.36. The van der Waals surface area contributed by atoms with Crippen LogP contribution < -0.4 is 0 Å². The molecule has 0 saturated heterocycles. The molecule has 2 heterocycles. The van der Waals surface area contributed by atoms with Crippen LogP contribution in [0.4, 0.5) is 0 Å². The van der Waals surface area contributed by atoms with Gasteiger partial charge in [0.25, 0.3) is 0 Å². The highest BCUT2D eigenvalue weighted by atomic mass is 32.2. The molecule has 1 aliphatic rings. The van der Waals surface area contributed by atoms with E-state index in [4.69, 9.17) is 5.26 Å². The third-order valence-corrected chi connectivity index (χ3v) is 3.19. The summed E-state index contributed by atoms with van der Waals surface area (Å²) in [5, 5.41) is 8.88. The minimum Gasteiger partial charge on any atom is -0.260 e. The first-order chi connectivity index (χ1) is 6.83. The van der Waals surface area contributed by atoms with Crippen molar-refractivity contribution in [1.29, 1.82) is 5.26 Å². The molecule has 0 bridgehead atoms. The summed E-state index contributed by atoms with van der Waals surface area (Å²) in [6.45, 7) is 5.89. The van der Waals surface area contributed by atoms with Crippen LogP contribution in [0.2, 0.25) is 0 Å². The molecule has 0 fully saturated rings. The molecule has 3 heteroatoms. The number of hydrogen-bond donors (Lipinski definition) is 0. The number of aromatic nitrogens is 1. The number of nitrogens with zero attached hydrogens (tertiary/aromatic N) is 2. The third-order valence-electron chi connectivity index (χ3n) is 2.02. The van der Waals surface area contributed by atoms with Gasteiger partial charge in [-0.25, -0.2) is 0 Å². The Kier molecular flexibility index (Phi) is 3.97. The van der Waals surface area contributed by atoms with E-state index in [1.54, 1.807) is 11.8 Å². The Hall–Kier alpha value is -1.01. The molecular weight excluding hydrogens is 192 g/mol. The second-order valence-corrected chi connectivity index (χ2v) is 3.89. The Labute approximate surface area is 89.4 Å². The molecule has 2 nitrogen and oxygen atoms in total. The molecule has 0 N–H and O–H groups in total. The highest BCUT2D eigenvalue weighted by Crippen LogP contribution is 2.34. The van der Waals surface area contributed by atoms with Crippen molar-refractivity contribution in [3.8, 4) is 6.07 Å². The molecule has 0 spiro atoms. The van der Waals surface area contributed by atoms with E-state index in [0.29, 0.717) is 0 Å². The number of nitriles is 1. The molecule has 0 aromatic carbocycles. The fraction of sp³-hybridized carbons (Fsp3) is 0.455. The highest BCUT2D eigenvalue weighted by Gasteiger charge is 2.17. The molecular formula is C11H14N2S. The molecule has 14 heavy (non-hydrogen) atoms. The lowest BCUT2D eigenvalue weighted by atomic mass is 10.1. The fourth-order valence-corrected chi connectivity index (χ4v) is 2.56. The van der Waals surface area contributed by atoms with Crippen molar-refractivity contribution in [2.45, 2.75) is 32.1 Å². The van der Waals surface area contributed by atoms with Gasteiger partial charge in [0, 0.05) is 16.8 Å². The number of hydrogen-bond acceptors (Lipinski definition) is 3. The Morgan fingerprint density at radius 2 is 2.21 bits per heavy atom. The van der Waals surface area contributed by atoms with E-state index in [-0.39, 0.29) is 0 Å². The number of fused-ring (bicyclic) bond motifs is 1. The van der Waals surface area contributed by atoms with Crippen LogP contribution in [0, 0.1) is 18.3 Å². The van der Waals surface area contributed by atoms with Gasteiger partial charge in [-0.2, -0.15) is 5.26 Å². The SMILES string of the molecule is CC.Cc1ncc2c(c1C#N)SCC2. The molecule has 0 amide bonds. The van der Waals surface area contributed by atoms with Gasteiger partial charge in [-0.3, -0.25) is 4.98 Å². The predicted molar refractivity (Wildman–Crippen MR) is 59.5 cm³/mol. The largest absolute Gasteiger partial charge is 0.260 e. The highest BCUT2D eigenvalue weighted by molar-refractivity contribution is 7.99. The molecule has 2 rings (SSSR count). The Morgan fingerprint density at radius 1 is 1.50 bits per heavy atom. The standard InChI is InChI=1S/C9H8N2S.C2H6/c1-6-8(4-10)9-7(5-11-6)2-3-12-9;1-2/h5H,2-3H2,1H3;1-2H3. The molecule has 0 saturated carbocycles. The van der Waals surface area contributed by atoms with Crippen molar-refractivity contribution in [2.24, 2.45) is 0 Å². The first-order valence-corrected chi connectivity index (χ1v) is 5.83. The topological polar surface area (TPSA) is 36.7 Å². The van der Waals surface area contributed by atoms with Crippen molar-refractivity contribution in [3.63, 3.8) is 0 Å². The zero-order chi connectivity index (χ0) is 10.6. The smallest absolute Gasteiger partial charge is 0.102 e. The van der Waals surface area contributed by atoms with Gasteiger partial charge < -0.3 is 0 Å². The molecule has 0 aliphatic carbocycles. The van der Waals surface area contributed by atoms with Crippen LogP contribution in [0.1, 0.15) is 30.7 Å². The molecule has 0 atom stereocenters. The van der Waals surface area contributed by atoms with Crippen molar-refractivity contribution in [1.82, 2.24) is 4.98 Å². The quantitative estimate of drug-likeness (QED) is 0.655. The van der Waals surface area contributed by atoms with Crippen LogP contribution in [0.15, 0.2) is 11.1 Å². The first-order valence-electron chi connectivity index (χ1n) is 4.84. The molecule has 0 unspecified atom stereocenters. The van der Waals surface area contributed by atoms with Gasteiger partial charge in [0.2, 0.25) is 0 Å². The van der Waals surface area contributed by atoms with Crippen LogP contribution in [0.25, 0.3) is 0 Å². The molecule has 1 aromatic rings. The van der Waals surface area contributed by atoms with Crippen LogP contribution in [-0.4, -0.2) is 10.7 Å². The second-order valence-electron chi connectivity index (χ2n) is 2.78. The zero-order valence-electron chi connectivity index (χ0n) is 8.79. The average molecular weight is 206 g/mol. The van der Waals surface area contributed by atoms with Gasteiger partial charge in [0.15, 0.2) is 0 Å². The summed E-state index contributed by atoms with van der Waals surface area (Å²) in [6.07, 6.45) is 2.95. The average Bonchev–Trinajstić information content (AvgIpc) is 2.69.